The van der Waals surface area contributed by atoms with Gasteiger partial charge in [0.1, 0.15) is 57.8 Å². The number of azo groups is 2. The number of aromatic nitrogens is 2. The third kappa shape index (κ3) is 11.4. The van der Waals surface area contributed by atoms with Crippen LogP contribution in [0, 0.1) is 12.0 Å². The molecule has 0 amide bonds. The molecule has 0 aliphatic carbocycles. The maximum atomic E-state index is 13.9. The van der Waals surface area contributed by atoms with E-state index in [1.54, 1.807) is 0 Å². The van der Waals surface area contributed by atoms with Gasteiger partial charge in [-0.1, -0.05) is 11.6 Å². The van der Waals surface area contributed by atoms with Crippen molar-refractivity contribution in [3.8, 4) is 5.75 Å². The number of anilines is 3. The number of phenolic OH excluding ortho intramolecular Hbond substituents is 1. The van der Waals surface area contributed by atoms with E-state index in [0.717, 1.165) is 6.07 Å². The molecule has 0 saturated carbocycles. The molecule has 7 N–H and O–H groups in total. The van der Waals surface area contributed by atoms with Gasteiger partial charge in [-0.15, -0.1) is 20.5 Å². The van der Waals surface area contributed by atoms with Crippen LogP contribution in [0.1, 0.15) is 0 Å². The van der Waals surface area contributed by atoms with Gasteiger partial charge in [0.25, 0.3) is 30.4 Å². The summed E-state index contributed by atoms with van der Waals surface area (Å²) in [5.41, 5.74) is -0.0541. The molecule has 5 aromatic rings. The van der Waals surface area contributed by atoms with Crippen LogP contribution in [0.25, 0.3) is 10.8 Å². The number of hydrogen-bond acceptors (Lipinski definition) is 21. The van der Waals surface area contributed by atoms with Crippen molar-refractivity contribution in [2.45, 2.75) is 24.5 Å². The van der Waals surface area contributed by atoms with Crippen LogP contribution in [0.15, 0.2) is 93.5 Å². The molecule has 34 heteroatoms. The second kappa shape index (κ2) is 18.5. The van der Waals surface area contributed by atoms with Crippen molar-refractivity contribution < 1.29 is 160 Å². The third-order valence-corrected chi connectivity index (χ3v) is 11.8. The van der Waals surface area contributed by atoms with Gasteiger partial charge in [-0.2, -0.15) is 44.0 Å². The van der Waals surface area contributed by atoms with Gasteiger partial charge < -0.3 is 25.3 Å². The number of nitrogens with zero attached hydrogens (tertiary/aromatic N) is 6. The van der Waals surface area contributed by atoms with Crippen molar-refractivity contribution in [3.63, 3.8) is 0 Å². The summed E-state index contributed by atoms with van der Waals surface area (Å²) in [7, 11) is -27.2. The summed E-state index contributed by atoms with van der Waals surface area (Å²) < 4.78 is 202. The van der Waals surface area contributed by atoms with Crippen LogP contribution < -0.4 is 92.0 Å². The minimum atomic E-state index is -5.81. The zero-order valence-corrected chi connectivity index (χ0v) is 39.2. The van der Waals surface area contributed by atoms with Gasteiger partial charge in [-0.25, -0.2) is 16.8 Å². The minimum Gasteiger partial charge on any atom is -0.744 e. The van der Waals surface area contributed by atoms with E-state index < -0.39 is 143 Å². The molecular formula is C26H15ClF2KN8NaO16S5. The molecule has 0 atom stereocenters. The molecule has 1 aromatic heterocycles. The van der Waals surface area contributed by atoms with Gasteiger partial charge in [0.2, 0.25) is 5.95 Å². The van der Waals surface area contributed by atoms with Crippen molar-refractivity contribution >= 4 is 113 Å². The molecule has 0 spiro atoms. The van der Waals surface area contributed by atoms with Crippen LogP contribution in [-0.2, 0) is 50.6 Å². The van der Waals surface area contributed by atoms with Crippen molar-refractivity contribution in [2.75, 3.05) is 11.1 Å². The molecule has 24 nitrogen and oxygen atoms in total. The van der Waals surface area contributed by atoms with E-state index in [1.807, 2.05) is 0 Å². The average molecular weight is 991 g/mol. The number of aromatic hydroxyl groups is 1. The van der Waals surface area contributed by atoms with E-state index in [-0.39, 0.29) is 86.6 Å². The molecule has 0 aliphatic rings. The Balaban J connectivity index is 0.00000480. The summed E-state index contributed by atoms with van der Waals surface area (Å²) in [5, 5.41) is 24.6. The molecule has 308 valence electrons. The molecule has 0 bridgehead atoms. The minimum absolute atomic E-state index is 0. The maximum Gasteiger partial charge on any atom is 1.00 e. The molecule has 0 radical (unpaired) electrons. The van der Waals surface area contributed by atoms with Crippen LogP contribution in [0.3, 0.4) is 0 Å². The van der Waals surface area contributed by atoms with Crippen molar-refractivity contribution in [2.24, 2.45) is 20.5 Å². The van der Waals surface area contributed by atoms with Gasteiger partial charge in [-0.05, 0) is 53.9 Å². The van der Waals surface area contributed by atoms with Crippen molar-refractivity contribution in [3.05, 3.63) is 65.6 Å². The molecule has 4 aromatic carbocycles. The second-order valence-electron chi connectivity index (χ2n) is 10.9. The average Bonchev–Trinajstić information content (AvgIpc) is 3.07. The van der Waals surface area contributed by atoms with Crippen LogP contribution in [-0.4, -0.2) is 79.9 Å². The number of nitrogens with one attached hydrogen (secondary N) is 1. The third-order valence-electron chi connectivity index (χ3n) is 7.16. The summed E-state index contributed by atoms with van der Waals surface area (Å²) in [6.07, 6.45) is -1.60. The summed E-state index contributed by atoms with van der Waals surface area (Å²) >= 11 is 5.73. The predicted octanol–water partition coefficient (Wildman–Crippen LogP) is -2.02. The van der Waals surface area contributed by atoms with Crippen LogP contribution in [0.4, 0.5) is 48.7 Å². The topological polar surface area (TPSA) is 411 Å². The first-order valence-corrected chi connectivity index (χ1v) is 21.7. The van der Waals surface area contributed by atoms with Gasteiger partial charge in [-0.3, -0.25) is 13.7 Å². The van der Waals surface area contributed by atoms with Crippen LogP contribution in [0.5, 0.6) is 5.75 Å². The Hall–Kier alpha value is -2.84. The quantitative estimate of drug-likeness (QED) is 0.0208. The van der Waals surface area contributed by atoms with Crippen LogP contribution >= 0.6 is 11.6 Å². The Morgan fingerprint density at radius 1 is 0.683 bits per heavy atom. The molecular weight excluding hydrogens is 976 g/mol. The molecule has 0 fully saturated rings. The molecule has 1 heterocycles. The maximum absolute atomic E-state index is 13.9. The summed E-state index contributed by atoms with van der Waals surface area (Å²) in [6, 6.07) is 4.12. The number of hydrogen-bond donors (Lipinski definition) is 6. The van der Waals surface area contributed by atoms with E-state index in [0.29, 0.717) is 42.5 Å². The zero-order valence-electron chi connectivity index (χ0n) is 29.2. The molecule has 0 unspecified atom stereocenters. The van der Waals surface area contributed by atoms with Gasteiger partial charge >= 0.3 is 87.0 Å². The SMILES string of the molecule is Nc1c(N=Nc2cc(Nc3nc(F)nc(F)c3Cl)ccc2S(=O)(=O)O)c(S(=O)(=O)[O-])cc2cc(S(=O)(=O)[O-])c(N=Nc3cc(S(=O)(=O)O)ccc3S(=O)(=O)O)c(O)c12.[K+].[Na+]. The molecule has 0 saturated heterocycles. The number of rotatable bonds is 11. The second-order valence-corrected chi connectivity index (χ2v) is 18.2. The van der Waals surface area contributed by atoms with Gasteiger partial charge in [0.15, 0.2) is 11.6 Å². The number of halogens is 3. The molecule has 60 heavy (non-hydrogen) atoms. The van der Waals surface area contributed by atoms with Crippen molar-refractivity contribution in [1.82, 2.24) is 9.97 Å². The van der Waals surface area contributed by atoms with E-state index >= 15 is 0 Å². The molecule has 5 rings (SSSR count). The first kappa shape index (κ1) is 51.5. The van der Waals surface area contributed by atoms with Crippen LogP contribution in [0.2, 0.25) is 5.02 Å². The Morgan fingerprint density at radius 2 is 1.17 bits per heavy atom. The van der Waals surface area contributed by atoms with E-state index in [9.17, 15) is 78.7 Å². The monoisotopic (exact) mass is 990 g/mol. The number of fused-ring (bicyclic) bond motifs is 1. The van der Waals surface area contributed by atoms with E-state index in [4.69, 9.17) is 17.3 Å². The van der Waals surface area contributed by atoms with Gasteiger partial charge in [0, 0.05) is 5.69 Å². The predicted molar refractivity (Wildman–Crippen MR) is 187 cm³/mol. The number of nitrogen functional groups attached to an aromatic ring is 1. The largest absolute Gasteiger partial charge is 1.00 e. The van der Waals surface area contributed by atoms with E-state index in [1.165, 1.54) is 0 Å². The van der Waals surface area contributed by atoms with Gasteiger partial charge in [0.05, 0.1) is 25.8 Å². The fourth-order valence-electron chi connectivity index (χ4n) is 4.76. The van der Waals surface area contributed by atoms with E-state index in [2.05, 4.69) is 35.7 Å². The Morgan fingerprint density at radius 3 is 1.67 bits per heavy atom. The zero-order chi connectivity index (χ0) is 43.5. The summed E-state index contributed by atoms with van der Waals surface area (Å²) in [6.45, 7) is 0. The first-order valence-electron chi connectivity index (χ1n) is 14.2. The summed E-state index contributed by atoms with van der Waals surface area (Å²) in [4.78, 5) is -0.335. The fourth-order valence-corrected chi connectivity index (χ4v) is 7.90. The molecule has 0 aliphatic heterocycles. The number of benzene rings is 4. The number of nitrogens with two attached hydrogens (primary N) is 1. The standard InChI is InChI=1S/C26H17ClF2N8O16S5.K.Na/c27-19-24(28)32-26(29)33-25(19)31-10-1-3-14(55(42,43)44)12(7-10)34-36-21-16(57(48,49)50)5-9-6-17(58(51,52)53)22(23(38)18(9)20(21)30)37-35-13-8-11(54(39,40)41)2-4-15(13)56(45,46)47;;/h1-8,38H,30H2,(H,31,32,33)(H,39,40,41)(H,42,43,44)(H,45,46,47)(H,48,49,50)(H,51,52,53);;/q;2*+1/p-2. The first-order chi connectivity index (χ1) is 26.5. The fraction of sp³-hybridized carbons (Fsp3) is 0. The normalized spacial score (nSPS) is 12.7. The Bertz CT molecular complexity index is 3260. The smallest absolute Gasteiger partial charge is 0.744 e. The number of phenols is 1. The Kier molecular flexibility index (Phi) is 15.9. The Labute approximate surface area is 404 Å². The summed E-state index contributed by atoms with van der Waals surface area (Å²) in [5.74, 6) is -3.73. The van der Waals surface area contributed by atoms with Crippen molar-refractivity contribution in [1.29, 1.82) is 0 Å².